The third-order valence-corrected chi connectivity index (χ3v) is 3.21. The van der Waals surface area contributed by atoms with Gasteiger partial charge in [-0.3, -0.25) is 0 Å². The van der Waals surface area contributed by atoms with Crippen molar-refractivity contribution in [2.45, 2.75) is 6.04 Å². The van der Waals surface area contributed by atoms with Gasteiger partial charge in [-0.1, -0.05) is 41.4 Å². The smallest absolute Gasteiger partial charge is 0.0759 e. The molecule has 0 heterocycles. The molecule has 0 aliphatic rings. The lowest BCUT2D eigenvalue weighted by molar-refractivity contribution is 0.276. The molecule has 0 aliphatic heterocycles. The van der Waals surface area contributed by atoms with Gasteiger partial charge in [0.2, 0.25) is 0 Å². The van der Waals surface area contributed by atoms with Gasteiger partial charge in [0.05, 0.1) is 12.6 Å². The van der Waals surface area contributed by atoms with Crippen LogP contribution in [-0.4, -0.2) is 11.7 Å². The van der Waals surface area contributed by atoms with Crippen molar-refractivity contribution in [2.24, 2.45) is 0 Å². The first-order chi connectivity index (χ1) is 8.70. The van der Waals surface area contributed by atoms with Gasteiger partial charge in [-0.25, -0.2) is 0 Å². The van der Waals surface area contributed by atoms with Crippen LogP contribution < -0.4 is 5.32 Å². The molecule has 4 heteroatoms. The maximum absolute atomic E-state index is 9.49. The first kappa shape index (κ1) is 13.2. The number of aliphatic hydroxyl groups excluding tert-OH is 1. The van der Waals surface area contributed by atoms with Gasteiger partial charge in [-0.2, -0.15) is 0 Å². The van der Waals surface area contributed by atoms with Crippen LogP contribution in [-0.2, 0) is 0 Å². The van der Waals surface area contributed by atoms with E-state index < -0.39 is 0 Å². The number of aliphatic hydroxyl groups is 1. The van der Waals surface area contributed by atoms with Gasteiger partial charge >= 0.3 is 0 Å². The molecule has 0 saturated carbocycles. The van der Waals surface area contributed by atoms with Gasteiger partial charge in [0.1, 0.15) is 0 Å². The van der Waals surface area contributed by atoms with Crippen molar-refractivity contribution in [3.63, 3.8) is 0 Å². The van der Waals surface area contributed by atoms with E-state index in [1.807, 2.05) is 30.3 Å². The molecule has 0 spiro atoms. The zero-order valence-corrected chi connectivity index (χ0v) is 11.1. The van der Waals surface area contributed by atoms with Crippen molar-refractivity contribution in [3.8, 4) is 0 Å². The number of benzene rings is 2. The standard InChI is InChI=1S/C14H13Cl2NO/c15-10-6-7-13(16)12(8-10)14(9-18)17-11-4-2-1-3-5-11/h1-8,14,17-18H,9H2. The van der Waals surface area contributed by atoms with Crippen LogP contribution in [0.3, 0.4) is 0 Å². The van der Waals surface area contributed by atoms with E-state index in [9.17, 15) is 5.11 Å². The van der Waals surface area contributed by atoms with Gasteiger partial charge < -0.3 is 10.4 Å². The monoisotopic (exact) mass is 281 g/mol. The minimum atomic E-state index is -0.279. The summed E-state index contributed by atoms with van der Waals surface area (Å²) in [6.45, 7) is -0.0606. The van der Waals surface area contributed by atoms with Crippen LogP contribution in [0.4, 0.5) is 5.69 Å². The predicted octanol–water partition coefficient (Wildman–Crippen LogP) is 4.14. The fraction of sp³-hybridized carbons (Fsp3) is 0.143. The molecule has 0 fully saturated rings. The normalized spacial score (nSPS) is 12.2. The number of rotatable bonds is 4. The molecule has 0 aliphatic carbocycles. The van der Waals surface area contributed by atoms with E-state index in [0.29, 0.717) is 10.0 Å². The van der Waals surface area contributed by atoms with Gasteiger partial charge in [0, 0.05) is 15.7 Å². The minimum absolute atomic E-state index is 0.0606. The van der Waals surface area contributed by atoms with Crippen molar-refractivity contribution in [1.82, 2.24) is 0 Å². The zero-order valence-electron chi connectivity index (χ0n) is 9.61. The molecule has 0 amide bonds. The van der Waals surface area contributed by atoms with Crippen LogP contribution >= 0.6 is 23.2 Å². The number of nitrogens with one attached hydrogen (secondary N) is 1. The van der Waals surface area contributed by atoms with E-state index in [1.165, 1.54) is 0 Å². The van der Waals surface area contributed by atoms with Crippen LogP contribution in [0.2, 0.25) is 10.0 Å². The summed E-state index contributed by atoms with van der Waals surface area (Å²) in [4.78, 5) is 0. The van der Waals surface area contributed by atoms with E-state index in [2.05, 4.69) is 5.32 Å². The predicted molar refractivity (Wildman–Crippen MR) is 76.4 cm³/mol. The van der Waals surface area contributed by atoms with E-state index >= 15 is 0 Å². The summed E-state index contributed by atoms with van der Waals surface area (Å²) in [5, 5.41) is 13.9. The Kier molecular flexibility index (Phi) is 4.48. The van der Waals surface area contributed by atoms with Gasteiger partial charge in [-0.15, -0.1) is 0 Å². The van der Waals surface area contributed by atoms with Gasteiger partial charge in [-0.05, 0) is 35.9 Å². The second-order valence-corrected chi connectivity index (χ2v) is 4.75. The summed E-state index contributed by atoms with van der Waals surface area (Å²) in [5.41, 5.74) is 1.71. The molecule has 1 unspecified atom stereocenters. The third-order valence-electron chi connectivity index (χ3n) is 2.63. The number of hydrogen-bond donors (Lipinski definition) is 2. The van der Waals surface area contributed by atoms with Crippen molar-refractivity contribution in [2.75, 3.05) is 11.9 Å². The topological polar surface area (TPSA) is 32.3 Å². The molecule has 2 nitrogen and oxygen atoms in total. The molecular formula is C14H13Cl2NO. The van der Waals surface area contributed by atoms with Crippen LogP contribution in [0.25, 0.3) is 0 Å². The van der Waals surface area contributed by atoms with E-state index in [0.717, 1.165) is 11.3 Å². The highest BCUT2D eigenvalue weighted by Crippen LogP contribution is 2.28. The van der Waals surface area contributed by atoms with Crippen LogP contribution in [0.5, 0.6) is 0 Å². The lowest BCUT2D eigenvalue weighted by atomic mass is 10.1. The Morgan fingerprint density at radius 3 is 2.44 bits per heavy atom. The lowest BCUT2D eigenvalue weighted by Crippen LogP contribution is -2.15. The third kappa shape index (κ3) is 3.16. The molecule has 1 atom stereocenters. The molecule has 0 radical (unpaired) electrons. The summed E-state index contributed by atoms with van der Waals surface area (Å²) in [6.07, 6.45) is 0. The van der Waals surface area contributed by atoms with E-state index in [1.54, 1.807) is 18.2 Å². The van der Waals surface area contributed by atoms with E-state index in [-0.39, 0.29) is 12.6 Å². The lowest BCUT2D eigenvalue weighted by Gasteiger charge is -2.19. The Labute approximate surface area is 116 Å². The number of para-hydroxylation sites is 1. The van der Waals surface area contributed by atoms with Crippen molar-refractivity contribution < 1.29 is 5.11 Å². The first-order valence-electron chi connectivity index (χ1n) is 5.58. The Balaban J connectivity index is 2.26. The second-order valence-electron chi connectivity index (χ2n) is 3.91. The largest absolute Gasteiger partial charge is 0.394 e. The van der Waals surface area contributed by atoms with Gasteiger partial charge in [0.25, 0.3) is 0 Å². The summed E-state index contributed by atoms with van der Waals surface area (Å²) < 4.78 is 0. The Bertz CT molecular complexity index is 516. The highest BCUT2D eigenvalue weighted by atomic mass is 35.5. The molecule has 2 N–H and O–H groups in total. The summed E-state index contributed by atoms with van der Waals surface area (Å²) in [6, 6.07) is 14.6. The molecule has 2 rings (SSSR count). The number of hydrogen-bond acceptors (Lipinski definition) is 2. The van der Waals surface area contributed by atoms with Crippen molar-refractivity contribution >= 4 is 28.9 Å². The fourth-order valence-electron chi connectivity index (χ4n) is 1.74. The number of anilines is 1. The molecule has 0 aromatic heterocycles. The molecule has 94 valence electrons. The summed E-state index contributed by atoms with van der Waals surface area (Å²) in [7, 11) is 0. The Morgan fingerprint density at radius 1 is 1.06 bits per heavy atom. The highest BCUT2D eigenvalue weighted by molar-refractivity contribution is 6.33. The first-order valence-corrected chi connectivity index (χ1v) is 6.33. The fourth-order valence-corrected chi connectivity index (χ4v) is 2.17. The van der Waals surface area contributed by atoms with Crippen molar-refractivity contribution in [3.05, 3.63) is 64.1 Å². The highest BCUT2D eigenvalue weighted by Gasteiger charge is 2.14. The van der Waals surface area contributed by atoms with E-state index in [4.69, 9.17) is 23.2 Å². The van der Waals surface area contributed by atoms with Crippen molar-refractivity contribution in [1.29, 1.82) is 0 Å². The second kappa shape index (κ2) is 6.10. The molecule has 0 bridgehead atoms. The molecule has 0 saturated heterocycles. The zero-order chi connectivity index (χ0) is 13.0. The van der Waals surface area contributed by atoms with Crippen LogP contribution in [0, 0.1) is 0 Å². The SMILES string of the molecule is OCC(Nc1ccccc1)c1cc(Cl)ccc1Cl. The Hall–Kier alpha value is -1.22. The average Bonchev–Trinajstić information content (AvgIpc) is 2.40. The molecule has 2 aromatic carbocycles. The quantitative estimate of drug-likeness (QED) is 0.883. The summed E-state index contributed by atoms with van der Waals surface area (Å²) in [5.74, 6) is 0. The maximum Gasteiger partial charge on any atom is 0.0759 e. The molecular weight excluding hydrogens is 269 g/mol. The minimum Gasteiger partial charge on any atom is -0.394 e. The number of halogens is 2. The summed E-state index contributed by atoms with van der Waals surface area (Å²) >= 11 is 12.1. The maximum atomic E-state index is 9.49. The molecule has 2 aromatic rings. The van der Waals surface area contributed by atoms with Crippen LogP contribution in [0.15, 0.2) is 48.5 Å². The van der Waals surface area contributed by atoms with Gasteiger partial charge in [0.15, 0.2) is 0 Å². The van der Waals surface area contributed by atoms with Crippen LogP contribution in [0.1, 0.15) is 11.6 Å². The average molecular weight is 282 g/mol. The molecule has 18 heavy (non-hydrogen) atoms. The Morgan fingerprint density at radius 2 is 1.78 bits per heavy atom.